The normalized spacial score (nSPS) is 13.4. The van der Waals surface area contributed by atoms with Gasteiger partial charge in [0.1, 0.15) is 23.6 Å². The third kappa shape index (κ3) is 6.46. The van der Waals surface area contributed by atoms with Gasteiger partial charge in [-0.3, -0.25) is 9.59 Å². The highest BCUT2D eigenvalue weighted by Crippen LogP contribution is 2.41. The van der Waals surface area contributed by atoms with Gasteiger partial charge in [0.2, 0.25) is 5.91 Å². The molecule has 1 saturated carbocycles. The van der Waals surface area contributed by atoms with Crippen LogP contribution in [0.4, 0.5) is 11.6 Å². The fourth-order valence-corrected chi connectivity index (χ4v) is 5.33. The molecule has 5 aromatic rings. The van der Waals surface area contributed by atoms with Crippen LogP contribution < -0.4 is 10.6 Å². The molecule has 222 valence electrons. The zero-order valence-corrected chi connectivity index (χ0v) is 25.1. The van der Waals surface area contributed by atoms with E-state index in [1.807, 2.05) is 31.4 Å². The SMILES string of the molecule is CCOC(=O)C(C)(C)Cc1cc(C2CC2)cn2cc(CNc3cc(NC(=O)Cc4ncn5ccc(Cl)cc45)ncn3)nc12. The second-order valence-corrected chi connectivity index (χ2v) is 11.9. The number of amides is 1. The number of anilines is 2. The fraction of sp³-hybridized carbons (Fsp3) is 0.355. The van der Waals surface area contributed by atoms with Crippen LogP contribution >= 0.6 is 11.6 Å². The molecule has 0 bridgehead atoms. The van der Waals surface area contributed by atoms with Crippen LogP contribution in [-0.2, 0) is 33.7 Å². The third-order valence-electron chi connectivity index (χ3n) is 7.50. The van der Waals surface area contributed by atoms with Gasteiger partial charge >= 0.3 is 5.97 Å². The molecule has 0 aromatic carbocycles. The van der Waals surface area contributed by atoms with Crippen molar-refractivity contribution in [1.29, 1.82) is 0 Å². The lowest BCUT2D eigenvalue weighted by Crippen LogP contribution is -2.29. The van der Waals surface area contributed by atoms with E-state index in [-0.39, 0.29) is 18.3 Å². The summed E-state index contributed by atoms with van der Waals surface area (Å²) in [4.78, 5) is 43.1. The number of fused-ring (bicyclic) bond motifs is 2. The average Bonchev–Trinajstić information content (AvgIpc) is 3.63. The van der Waals surface area contributed by atoms with Gasteiger partial charge in [0, 0.05) is 29.7 Å². The fourth-order valence-electron chi connectivity index (χ4n) is 5.17. The van der Waals surface area contributed by atoms with E-state index in [2.05, 4.69) is 42.2 Å². The maximum Gasteiger partial charge on any atom is 0.311 e. The van der Waals surface area contributed by atoms with E-state index in [0.29, 0.717) is 47.8 Å². The molecule has 5 heterocycles. The number of imidazole rings is 2. The number of hydrogen-bond donors (Lipinski definition) is 2. The maximum atomic E-state index is 12.8. The van der Waals surface area contributed by atoms with Crippen molar-refractivity contribution >= 4 is 46.3 Å². The number of nitrogens with one attached hydrogen (secondary N) is 2. The Kier molecular flexibility index (Phi) is 7.74. The van der Waals surface area contributed by atoms with Crippen LogP contribution in [0, 0.1) is 5.41 Å². The van der Waals surface area contributed by atoms with Gasteiger partial charge in [0.15, 0.2) is 0 Å². The summed E-state index contributed by atoms with van der Waals surface area (Å²) in [7, 11) is 0. The zero-order chi connectivity index (χ0) is 30.1. The second kappa shape index (κ2) is 11.6. The van der Waals surface area contributed by atoms with Crippen LogP contribution in [0.2, 0.25) is 5.02 Å². The van der Waals surface area contributed by atoms with Crippen molar-refractivity contribution in [1.82, 2.24) is 28.7 Å². The smallest absolute Gasteiger partial charge is 0.311 e. The Morgan fingerprint density at radius 2 is 1.91 bits per heavy atom. The lowest BCUT2D eigenvalue weighted by molar-refractivity contribution is -0.153. The van der Waals surface area contributed by atoms with Gasteiger partial charge in [-0.1, -0.05) is 17.7 Å². The zero-order valence-electron chi connectivity index (χ0n) is 24.3. The standard InChI is InChI=1S/C31H33ClN8O3/c1-4-43-30(42)31(2,3)13-20-9-21(19-5-6-19)15-40-16-23(37-29(20)40)14-33-26-12-27(35-17-34-26)38-28(41)11-24-25-10-22(32)7-8-39(25)18-36-24/h7-10,12,15-19H,4-6,11,13-14H2,1-3H3,(H2,33,34,35,38,41). The molecule has 0 unspecified atom stereocenters. The minimum Gasteiger partial charge on any atom is -0.466 e. The van der Waals surface area contributed by atoms with E-state index < -0.39 is 5.41 Å². The lowest BCUT2D eigenvalue weighted by Gasteiger charge is -2.23. The summed E-state index contributed by atoms with van der Waals surface area (Å²) in [6, 6.07) is 7.41. The number of pyridine rings is 2. The van der Waals surface area contributed by atoms with Crippen molar-refractivity contribution in [2.75, 3.05) is 17.2 Å². The number of ether oxygens (including phenoxy) is 1. The molecular formula is C31H33ClN8O3. The number of aromatic nitrogens is 6. The quantitative estimate of drug-likeness (QED) is 0.197. The minimum absolute atomic E-state index is 0.0724. The van der Waals surface area contributed by atoms with Crippen molar-refractivity contribution in [3.05, 3.63) is 83.0 Å². The van der Waals surface area contributed by atoms with Crippen LogP contribution in [0.5, 0.6) is 0 Å². The van der Waals surface area contributed by atoms with Gasteiger partial charge in [-0.05, 0) is 69.2 Å². The molecule has 1 aliphatic rings. The lowest BCUT2D eigenvalue weighted by atomic mass is 9.85. The Morgan fingerprint density at radius 3 is 2.70 bits per heavy atom. The summed E-state index contributed by atoms with van der Waals surface area (Å²) >= 11 is 6.12. The molecule has 0 atom stereocenters. The van der Waals surface area contributed by atoms with E-state index in [4.69, 9.17) is 21.3 Å². The van der Waals surface area contributed by atoms with E-state index in [1.165, 1.54) is 24.7 Å². The van der Waals surface area contributed by atoms with Gasteiger partial charge < -0.3 is 24.2 Å². The van der Waals surface area contributed by atoms with Gasteiger partial charge in [0.25, 0.3) is 0 Å². The van der Waals surface area contributed by atoms with Crippen molar-refractivity contribution in [3.8, 4) is 0 Å². The van der Waals surface area contributed by atoms with Crippen LogP contribution in [0.1, 0.15) is 62.0 Å². The molecule has 5 aromatic heterocycles. The molecular weight excluding hydrogens is 568 g/mol. The molecule has 1 aliphatic carbocycles. The number of carbonyl (C=O) groups excluding carboxylic acids is 2. The summed E-state index contributed by atoms with van der Waals surface area (Å²) in [6.45, 7) is 6.41. The molecule has 11 nitrogen and oxygen atoms in total. The van der Waals surface area contributed by atoms with Crippen molar-refractivity contribution in [3.63, 3.8) is 0 Å². The predicted octanol–water partition coefficient (Wildman–Crippen LogP) is 5.23. The highest BCUT2D eigenvalue weighted by atomic mass is 35.5. The highest BCUT2D eigenvalue weighted by molar-refractivity contribution is 6.30. The monoisotopic (exact) mass is 600 g/mol. The summed E-state index contributed by atoms with van der Waals surface area (Å²) in [6.07, 6.45) is 11.9. The molecule has 1 amide bonds. The van der Waals surface area contributed by atoms with Gasteiger partial charge in [0.05, 0.1) is 48.2 Å². The number of rotatable bonds is 11. The predicted molar refractivity (Wildman–Crippen MR) is 163 cm³/mol. The third-order valence-corrected chi connectivity index (χ3v) is 7.74. The Labute approximate surface area is 253 Å². The molecule has 43 heavy (non-hydrogen) atoms. The Morgan fingerprint density at radius 1 is 1.09 bits per heavy atom. The minimum atomic E-state index is -0.678. The first kappa shape index (κ1) is 28.6. The van der Waals surface area contributed by atoms with Gasteiger partial charge in [-0.15, -0.1) is 0 Å². The summed E-state index contributed by atoms with van der Waals surface area (Å²) in [5.74, 6) is 1.00. The van der Waals surface area contributed by atoms with E-state index in [0.717, 1.165) is 22.4 Å². The number of nitrogens with zero attached hydrogens (tertiary/aromatic N) is 6. The molecule has 1 fully saturated rings. The second-order valence-electron chi connectivity index (χ2n) is 11.5. The van der Waals surface area contributed by atoms with Crippen LogP contribution in [-0.4, -0.2) is 47.2 Å². The molecule has 6 rings (SSSR count). The van der Waals surface area contributed by atoms with Crippen molar-refractivity contribution < 1.29 is 14.3 Å². The molecule has 0 saturated heterocycles. The maximum absolute atomic E-state index is 12.8. The number of halogens is 1. The van der Waals surface area contributed by atoms with Crippen molar-refractivity contribution in [2.45, 2.75) is 58.9 Å². The molecule has 2 N–H and O–H groups in total. The Hall–Kier alpha value is -4.51. The van der Waals surface area contributed by atoms with E-state index >= 15 is 0 Å². The van der Waals surface area contributed by atoms with E-state index in [1.54, 1.807) is 30.7 Å². The number of hydrogen-bond acceptors (Lipinski definition) is 8. The summed E-state index contributed by atoms with van der Waals surface area (Å²) < 4.78 is 9.20. The molecule has 0 radical (unpaired) electrons. The molecule has 0 spiro atoms. The molecule has 0 aliphatic heterocycles. The number of carbonyl (C=O) groups is 2. The van der Waals surface area contributed by atoms with E-state index in [9.17, 15) is 9.59 Å². The Balaban J connectivity index is 1.15. The molecule has 12 heteroatoms. The largest absolute Gasteiger partial charge is 0.466 e. The summed E-state index contributed by atoms with van der Waals surface area (Å²) in [5.41, 5.74) is 4.64. The highest BCUT2D eigenvalue weighted by Gasteiger charge is 2.32. The van der Waals surface area contributed by atoms with Gasteiger partial charge in [-0.25, -0.2) is 19.9 Å². The van der Waals surface area contributed by atoms with Crippen LogP contribution in [0.25, 0.3) is 11.2 Å². The average molecular weight is 601 g/mol. The topological polar surface area (TPSA) is 128 Å². The van der Waals surface area contributed by atoms with Crippen LogP contribution in [0.3, 0.4) is 0 Å². The first-order chi connectivity index (χ1) is 20.7. The summed E-state index contributed by atoms with van der Waals surface area (Å²) in [5, 5.41) is 6.68. The van der Waals surface area contributed by atoms with Crippen LogP contribution in [0.15, 0.2) is 55.5 Å². The Bertz CT molecular complexity index is 1820. The first-order valence-electron chi connectivity index (χ1n) is 14.3. The van der Waals surface area contributed by atoms with Gasteiger partial charge in [-0.2, -0.15) is 0 Å². The first-order valence-corrected chi connectivity index (χ1v) is 14.7. The van der Waals surface area contributed by atoms with Crippen molar-refractivity contribution in [2.24, 2.45) is 5.41 Å². The number of esters is 1.